The van der Waals surface area contributed by atoms with E-state index in [9.17, 15) is 26.4 Å². The van der Waals surface area contributed by atoms with Gasteiger partial charge in [0.05, 0.1) is 10.5 Å². The molecular formula is C10H8F3NO3S. The molecule has 1 aromatic carbocycles. The van der Waals surface area contributed by atoms with Crippen LogP contribution < -0.4 is 4.72 Å². The Morgan fingerprint density at radius 2 is 1.72 bits per heavy atom. The molecule has 1 amide bonds. The quantitative estimate of drug-likeness (QED) is 0.856. The molecular weight excluding hydrogens is 271 g/mol. The minimum absolute atomic E-state index is 0.439. The fraction of sp³-hybridized carbons (Fsp3) is 0.100. The van der Waals surface area contributed by atoms with Crippen molar-refractivity contribution in [3.8, 4) is 0 Å². The summed E-state index contributed by atoms with van der Waals surface area (Å²) in [5.41, 5.74) is -0.975. The van der Waals surface area contributed by atoms with Crippen molar-refractivity contribution >= 4 is 15.9 Å². The van der Waals surface area contributed by atoms with Crippen molar-refractivity contribution in [2.75, 3.05) is 0 Å². The Balaban J connectivity index is 3.05. The molecule has 0 aliphatic heterocycles. The van der Waals surface area contributed by atoms with Crippen LogP contribution in [0.25, 0.3) is 0 Å². The van der Waals surface area contributed by atoms with Crippen molar-refractivity contribution in [3.05, 3.63) is 42.5 Å². The highest BCUT2D eigenvalue weighted by Crippen LogP contribution is 2.29. The van der Waals surface area contributed by atoms with Crippen molar-refractivity contribution in [1.29, 1.82) is 0 Å². The molecule has 0 saturated carbocycles. The highest BCUT2D eigenvalue weighted by atomic mass is 32.2. The molecule has 0 aliphatic carbocycles. The number of hydrogen-bond donors (Lipinski definition) is 1. The summed E-state index contributed by atoms with van der Waals surface area (Å²) in [6.07, 6.45) is -3.81. The highest BCUT2D eigenvalue weighted by molar-refractivity contribution is 7.90. The number of carbonyl (C=O) groups excluding carboxylic acids is 1. The van der Waals surface area contributed by atoms with Gasteiger partial charge in [0.25, 0.3) is 15.9 Å². The molecule has 1 N–H and O–H groups in total. The van der Waals surface area contributed by atoms with Crippen LogP contribution in [0.2, 0.25) is 0 Å². The lowest BCUT2D eigenvalue weighted by Gasteiger charge is -2.08. The third-order valence-electron chi connectivity index (χ3n) is 1.91. The maximum atomic E-state index is 12.2. The smallest absolute Gasteiger partial charge is 0.269 e. The van der Waals surface area contributed by atoms with Crippen LogP contribution in [-0.4, -0.2) is 14.3 Å². The second kappa shape index (κ2) is 4.81. The Morgan fingerprint density at radius 3 is 2.11 bits per heavy atom. The average molecular weight is 279 g/mol. The largest absolute Gasteiger partial charge is 0.416 e. The van der Waals surface area contributed by atoms with Gasteiger partial charge in [-0.2, -0.15) is 13.2 Å². The molecule has 0 fully saturated rings. The van der Waals surface area contributed by atoms with Gasteiger partial charge in [-0.15, -0.1) is 0 Å². The lowest BCUT2D eigenvalue weighted by molar-refractivity contribution is -0.137. The second-order valence-corrected chi connectivity index (χ2v) is 4.88. The molecule has 0 atom stereocenters. The summed E-state index contributed by atoms with van der Waals surface area (Å²) >= 11 is 0. The first kappa shape index (κ1) is 14.2. The van der Waals surface area contributed by atoms with Gasteiger partial charge in [0, 0.05) is 0 Å². The van der Waals surface area contributed by atoms with E-state index < -0.39 is 32.6 Å². The van der Waals surface area contributed by atoms with E-state index in [0.29, 0.717) is 12.1 Å². The summed E-state index contributed by atoms with van der Waals surface area (Å²) in [7, 11) is -4.17. The number of rotatable bonds is 3. The summed E-state index contributed by atoms with van der Waals surface area (Å²) in [5.74, 6) is -0.963. The predicted octanol–water partition coefficient (Wildman–Crippen LogP) is 1.70. The first-order valence-electron chi connectivity index (χ1n) is 4.53. The lowest BCUT2D eigenvalue weighted by atomic mass is 10.2. The molecule has 1 aromatic rings. The van der Waals surface area contributed by atoms with Crippen molar-refractivity contribution in [3.63, 3.8) is 0 Å². The Labute approximate surface area is 101 Å². The van der Waals surface area contributed by atoms with Crippen molar-refractivity contribution in [1.82, 2.24) is 4.72 Å². The van der Waals surface area contributed by atoms with Crippen molar-refractivity contribution < 1.29 is 26.4 Å². The Hall–Kier alpha value is -1.83. The molecule has 0 unspecified atom stereocenters. The van der Waals surface area contributed by atoms with E-state index in [-0.39, 0.29) is 0 Å². The molecule has 0 bridgehead atoms. The summed E-state index contributed by atoms with van der Waals surface area (Å²) in [5, 5.41) is 0. The number of hydrogen-bond acceptors (Lipinski definition) is 3. The summed E-state index contributed by atoms with van der Waals surface area (Å²) in [4.78, 5) is 10.4. The summed E-state index contributed by atoms with van der Waals surface area (Å²) in [6.45, 7) is 3.06. The van der Waals surface area contributed by atoms with Crippen LogP contribution >= 0.6 is 0 Å². The molecule has 1 rings (SSSR count). The zero-order valence-electron chi connectivity index (χ0n) is 8.86. The van der Waals surface area contributed by atoms with Gasteiger partial charge in [0.15, 0.2) is 0 Å². The minimum Gasteiger partial charge on any atom is -0.269 e. The molecule has 0 radical (unpaired) electrons. The third kappa shape index (κ3) is 3.33. The Kier molecular flexibility index (Phi) is 3.80. The fourth-order valence-electron chi connectivity index (χ4n) is 1.06. The molecule has 4 nitrogen and oxygen atoms in total. The van der Waals surface area contributed by atoms with E-state index in [1.807, 2.05) is 0 Å². The maximum Gasteiger partial charge on any atom is 0.416 e. The number of nitrogens with one attached hydrogen (secondary N) is 1. The average Bonchev–Trinajstić information content (AvgIpc) is 2.27. The third-order valence-corrected chi connectivity index (χ3v) is 3.27. The fourth-order valence-corrected chi connectivity index (χ4v) is 2.02. The van der Waals surface area contributed by atoms with Gasteiger partial charge in [0.1, 0.15) is 0 Å². The minimum atomic E-state index is -4.55. The van der Waals surface area contributed by atoms with Crippen LogP contribution in [0.5, 0.6) is 0 Å². The zero-order chi connectivity index (χ0) is 14.0. The maximum absolute atomic E-state index is 12.2. The van der Waals surface area contributed by atoms with Gasteiger partial charge < -0.3 is 0 Å². The first-order chi connectivity index (χ1) is 8.16. The highest BCUT2D eigenvalue weighted by Gasteiger charge is 2.30. The van der Waals surface area contributed by atoms with Gasteiger partial charge >= 0.3 is 6.18 Å². The van der Waals surface area contributed by atoms with Gasteiger partial charge in [-0.1, -0.05) is 6.58 Å². The number of amides is 1. The van der Waals surface area contributed by atoms with E-state index in [4.69, 9.17) is 0 Å². The van der Waals surface area contributed by atoms with Gasteiger partial charge in [-0.3, -0.25) is 4.79 Å². The molecule has 0 spiro atoms. The number of carbonyl (C=O) groups is 1. The van der Waals surface area contributed by atoms with E-state index >= 15 is 0 Å². The molecule has 0 aromatic heterocycles. The second-order valence-electron chi connectivity index (χ2n) is 3.20. The van der Waals surface area contributed by atoms with Crippen molar-refractivity contribution in [2.45, 2.75) is 11.1 Å². The number of benzene rings is 1. The monoisotopic (exact) mass is 279 g/mol. The number of sulfonamides is 1. The number of halogens is 3. The first-order valence-corrected chi connectivity index (χ1v) is 6.01. The van der Waals surface area contributed by atoms with Gasteiger partial charge in [-0.05, 0) is 30.3 Å². The van der Waals surface area contributed by atoms with E-state index in [1.165, 1.54) is 0 Å². The van der Waals surface area contributed by atoms with Crippen LogP contribution in [0.4, 0.5) is 13.2 Å². The molecule has 18 heavy (non-hydrogen) atoms. The van der Waals surface area contributed by atoms with Crippen LogP contribution in [0, 0.1) is 0 Å². The Morgan fingerprint density at radius 1 is 1.22 bits per heavy atom. The van der Waals surface area contributed by atoms with Crippen molar-refractivity contribution in [2.24, 2.45) is 0 Å². The van der Waals surface area contributed by atoms with E-state index in [0.717, 1.165) is 18.2 Å². The normalized spacial score (nSPS) is 11.9. The predicted molar refractivity (Wildman–Crippen MR) is 57.0 cm³/mol. The van der Waals surface area contributed by atoms with Crippen LogP contribution in [-0.2, 0) is 21.0 Å². The zero-order valence-corrected chi connectivity index (χ0v) is 9.68. The summed E-state index contributed by atoms with van der Waals surface area (Å²) in [6, 6.07) is 2.77. The van der Waals surface area contributed by atoms with Crippen LogP contribution in [0.3, 0.4) is 0 Å². The summed E-state index contributed by atoms with van der Waals surface area (Å²) < 4.78 is 61.4. The topological polar surface area (TPSA) is 63.2 Å². The molecule has 0 saturated heterocycles. The van der Waals surface area contributed by atoms with Crippen LogP contribution in [0.15, 0.2) is 41.8 Å². The standard InChI is InChI=1S/C10H8F3NO3S/c1-2-9(15)14-18(16,17)8-5-3-7(4-6-8)10(11,12)13/h2-6H,1H2,(H,14,15). The molecule has 0 heterocycles. The van der Waals surface area contributed by atoms with E-state index in [2.05, 4.69) is 6.58 Å². The Bertz CT molecular complexity index is 561. The molecule has 0 aliphatic rings. The molecule has 8 heteroatoms. The number of alkyl halides is 3. The molecule has 98 valence electrons. The van der Waals surface area contributed by atoms with Crippen LogP contribution in [0.1, 0.15) is 5.56 Å². The SMILES string of the molecule is C=CC(=O)NS(=O)(=O)c1ccc(C(F)(F)F)cc1. The van der Waals surface area contributed by atoms with Gasteiger partial charge in [-0.25, -0.2) is 13.1 Å². The van der Waals surface area contributed by atoms with Gasteiger partial charge in [0.2, 0.25) is 0 Å². The lowest BCUT2D eigenvalue weighted by Crippen LogP contribution is -2.28. The van der Waals surface area contributed by atoms with E-state index in [1.54, 1.807) is 4.72 Å².